The largest absolute Gasteiger partial charge is 0.375 e. The van der Waals surface area contributed by atoms with Crippen LogP contribution in [-0.4, -0.2) is 26.3 Å². The second-order valence-corrected chi connectivity index (χ2v) is 8.61. The van der Waals surface area contributed by atoms with Gasteiger partial charge in [0.25, 0.3) is 5.91 Å². The molecule has 0 aliphatic heterocycles. The SMILES string of the molecule is CS(=O)(=NC(=O)c1cncc(C#Cc2cnc(N)s2)c1)c1ccccc1. The lowest BCUT2D eigenvalue weighted by Crippen LogP contribution is -2.04. The van der Waals surface area contributed by atoms with Crippen molar-refractivity contribution in [2.75, 3.05) is 12.0 Å². The zero-order valence-corrected chi connectivity index (χ0v) is 15.4. The van der Waals surface area contributed by atoms with Crippen molar-refractivity contribution in [1.29, 1.82) is 0 Å². The molecule has 8 heteroatoms. The van der Waals surface area contributed by atoms with Crippen LogP contribution < -0.4 is 5.73 Å². The first-order chi connectivity index (χ1) is 12.4. The maximum absolute atomic E-state index is 12.7. The molecule has 0 aliphatic carbocycles. The van der Waals surface area contributed by atoms with E-state index in [2.05, 4.69) is 26.2 Å². The number of anilines is 1. The lowest BCUT2D eigenvalue weighted by molar-refractivity contribution is 0.100. The second kappa shape index (κ2) is 7.47. The van der Waals surface area contributed by atoms with Crippen LogP contribution in [0.5, 0.6) is 0 Å². The molecule has 1 aromatic carbocycles. The highest BCUT2D eigenvalue weighted by Crippen LogP contribution is 2.14. The molecule has 1 atom stereocenters. The summed E-state index contributed by atoms with van der Waals surface area (Å²) in [7, 11) is -2.83. The fraction of sp³-hybridized carbons (Fsp3) is 0.0556. The Balaban J connectivity index is 1.88. The van der Waals surface area contributed by atoms with Crippen molar-refractivity contribution in [1.82, 2.24) is 9.97 Å². The molecular formula is C18H14N4O2S2. The number of benzene rings is 1. The summed E-state index contributed by atoms with van der Waals surface area (Å²) < 4.78 is 16.6. The van der Waals surface area contributed by atoms with Crippen molar-refractivity contribution < 1.29 is 9.00 Å². The first-order valence-corrected chi connectivity index (χ1v) is 10.2. The minimum Gasteiger partial charge on any atom is -0.375 e. The molecule has 6 nitrogen and oxygen atoms in total. The first-order valence-electron chi connectivity index (χ1n) is 7.44. The average molecular weight is 382 g/mol. The van der Waals surface area contributed by atoms with Crippen LogP contribution in [-0.2, 0) is 9.73 Å². The van der Waals surface area contributed by atoms with Crippen LogP contribution in [0.25, 0.3) is 0 Å². The molecule has 0 aliphatic rings. The topological polar surface area (TPSA) is 98.3 Å². The number of amides is 1. The third-order valence-corrected chi connectivity index (χ3v) is 5.68. The van der Waals surface area contributed by atoms with E-state index < -0.39 is 15.6 Å². The quantitative estimate of drug-likeness (QED) is 0.687. The molecule has 2 heterocycles. The Morgan fingerprint density at radius 2 is 1.96 bits per heavy atom. The molecule has 0 spiro atoms. The molecule has 0 saturated heterocycles. The van der Waals surface area contributed by atoms with Crippen molar-refractivity contribution in [3.05, 3.63) is 71.0 Å². The zero-order valence-electron chi connectivity index (χ0n) is 13.7. The van der Waals surface area contributed by atoms with E-state index >= 15 is 0 Å². The van der Waals surface area contributed by atoms with Gasteiger partial charge < -0.3 is 5.73 Å². The Morgan fingerprint density at radius 3 is 2.65 bits per heavy atom. The number of hydrogen-bond donors (Lipinski definition) is 1. The molecular weight excluding hydrogens is 368 g/mol. The Hall–Kier alpha value is -3.02. The molecule has 0 saturated carbocycles. The van der Waals surface area contributed by atoms with Crippen molar-refractivity contribution >= 4 is 32.1 Å². The molecule has 0 bridgehead atoms. The number of nitrogens with zero attached hydrogens (tertiary/aromatic N) is 3. The summed E-state index contributed by atoms with van der Waals surface area (Å²) in [5, 5.41) is 0.439. The number of pyridine rings is 1. The predicted octanol–water partition coefficient (Wildman–Crippen LogP) is 2.82. The summed E-state index contributed by atoms with van der Waals surface area (Å²) >= 11 is 1.27. The van der Waals surface area contributed by atoms with Gasteiger partial charge >= 0.3 is 0 Å². The molecule has 2 aromatic heterocycles. The Bertz CT molecular complexity index is 1130. The van der Waals surface area contributed by atoms with E-state index in [0.29, 0.717) is 20.5 Å². The standard InChI is InChI=1S/C18H14N4O2S2/c1-26(24,16-5-3-2-4-6-16)22-17(23)14-9-13(10-20-11-14)7-8-15-12-21-18(19)25-15/h2-6,9-12H,1H3,(H2,19,21). The van der Waals surface area contributed by atoms with E-state index in [1.54, 1.807) is 36.5 Å². The molecule has 3 rings (SSSR count). The number of aromatic nitrogens is 2. The van der Waals surface area contributed by atoms with Crippen molar-refractivity contribution in [2.45, 2.75) is 4.90 Å². The summed E-state index contributed by atoms with van der Waals surface area (Å²) in [6.45, 7) is 0. The second-order valence-electron chi connectivity index (χ2n) is 5.29. The minimum atomic E-state index is -2.83. The van der Waals surface area contributed by atoms with Crippen LogP contribution in [0.15, 0.2) is 64.2 Å². The highest BCUT2D eigenvalue weighted by atomic mass is 32.2. The van der Waals surface area contributed by atoms with Gasteiger partial charge in [-0.1, -0.05) is 35.5 Å². The Labute approximate surface area is 155 Å². The van der Waals surface area contributed by atoms with E-state index in [0.717, 1.165) is 0 Å². The zero-order chi connectivity index (χ0) is 18.6. The molecule has 3 aromatic rings. The molecule has 0 fully saturated rings. The van der Waals surface area contributed by atoms with E-state index in [1.807, 2.05) is 6.07 Å². The summed E-state index contributed by atoms with van der Waals surface area (Å²) in [4.78, 5) is 21.6. The van der Waals surface area contributed by atoms with E-state index in [1.165, 1.54) is 30.0 Å². The predicted molar refractivity (Wildman–Crippen MR) is 102 cm³/mol. The molecule has 1 unspecified atom stereocenters. The van der Waals surface area contributed by atoms with Crippen LogP contribution in [0.4, 0.5) is 5.13 Å². The van der Waals surface area contributed by atoms with Crippen LogP contribution in [0.2, 0.25) is 0 Å². The lowest BCUT2D eigenvalue weighted by atomic mass is 10.2. The number of thiazole rings is 1. The molecule has 26 heavy (non-hydrogen) atoms. The van der Waals surface area contributed by atoms with E-state index in [9.17, 15) is 9.00 Å². The van der Waals surface area contributed by atoms with Crippen LogP contribution in [0.1, 0.15) is 20.8 Å². The third kappa shape index (κ3) is 4.33. The summed E-state index contributed by atoms with van der Waals surface area (Å²) in [5.41, 5.74) is 6.33. The van der Waals surface area contributed by atoms with Crippen LogP contribution in [0.3, 0.4) is 0 Å². The van der Waals surface area contributed by atoms with E-state index in [-0.39, 0.29) is 5.56 Å². The Morgan fingerprint density at radius 1 is 1.19 bits per heavy atom. The Kier molecular flexibility index (Phi) is 5.11. The number of nitrogen functional groups attached to an aromatic ring is 1. The fourth-order valence-corrected chi connectivity index (χ4v) is 3.77. The number of carbonyl (C=O) groups excluding carboxylic acids is 1. The number of nitrogens with two attached hydrogens (primary N) is 1. The first kappa shape index (κ1) is 17.8. The van der Waals surface area contributed by atoms with Gasteiger partial charge in [-0.3, -0.25) is 9.78 Å². The molecule has 0 radical (unpaired) electrons. The normalized spacial score (nSPS) is 12.5. The number of carbonyl (C=O) groups is 1. The van der Waals surface area contributed by atoms with Gasteiger partial charge in [0.05, 0.1) is 26.4 Å². The maximum Gasteiger partial charge on any atom is 0.286 e. The molecule has 1 amide bonds. The highest BCUT2D eigenvalue weighted by molar-refractivity contribution is 7.93. The number of hydrogen-bond acceptors (Lipinski definition) is 6. The number of rotatable bonds is 2. The summed E-state index contributed by atoms with van der Waals surface area (Å²) in [6, 6.07) is 10.2. The minimum absolute atomic E-state index is 0.228. The molecule has 2 N–H and O–H groups in total. The van der Waals surface area contributed by atoms with Gasteiger partial charge in [-0.15, -0.1) is 0 Å². The fourth-order valence-electron chi connectivity index (χ4n) is 2.04. The van der Waals surface area contributed by atoms with Crippen molar-refractivity contribution in [2.24, 2.45) is 4.36 Å². The summed E-state index contributed by atoms with van der Waals surface area (Å²) in [5.74, 6) is 5.21. The average Bonchev–Trinajstić information content (AvgIpc) is 3.06. The van der Waals surface area contributed by atoms with Crippen molar-refractivity contribution in [3.8, 4) is 11.8 Å². The summed E-state index contributed by atoms with van der Waals surface area (Å²) in [6.07, 6.45) is 5.93. The van der Waals surface area contributed by atoms with Gasteiger partial charge in [0, 0.05) is 29.1 Å². The molecule has 130 valence electrons. The van der Waals surface area contributed by atoms with Crippen LogP contribution in [0, 0.1) is 11.8 Å². The van der Waals surface area contributed by atoms with Gasteiger partial charge in [-0.25, -0.2) is 9.19 Å². The maximum atomic E-state index is 12.7. The van der Waals surface area contributed by atoms with E-state index in [4.69, 9.17) is 5.73 Å². The van der Waals surface area contributed by atoms with Gasteiger partial charge in [-0.05, 0) is 24.1 Å². The van der Waals surface area contributed by atoms with Gasteiger partial charge in [0.2, 0.25) is 0 Å². The van der Waals surface area contributed by atoms with Crippen LogP contribution >= 0.6 is 11.3 Å². The van der Waals surface area contributed by atoms with Gasteiger partial charge in [-0.2, -0.15) is 4.36 Å². The van der Waals surface area contributed by atoms with Gasteiger partial charge in [0.15, 0.2) is 5.13 Å². The smallest absolute Gasteiger partial charge is 0.286 e. The monoisotopic (exact) mass is 382 g/mol. The third-order valence-electron chi connectivity index (χ3n) is 3.28. The van der Waals surface area contributed by atoms with Gasteiger partial charge in [0.1, 0.15) is 0 Å². The van der Waals surface area contributed by atoms with Crippen molar-refractivity contribution in [3.63, 3.8) is 0 Å². The highest BCUT2D eigenvalue weighted by Gasteiger charge is 2.11. The lowest BCUT2D eigenvalue weighted by Gasteiger charge is -2.03.